The topological polar surface area (TPSA) is 135 Å². The number of nitrogens with one attached hydrogen (secondary N) is 2. The molecule has 2 heterocycles. The Morgan fingerprint density at radius 2 is 2.25 bits per heavy atom. The molecule has 2 amide bonds. The maximum Gasteiger partial charge on any atom is 0.252 e. The van der Waals surface area contributed by atoms with Crippen LogP contribution in [0.3, 0.4) is 0 Å². The van der Waals surface area contributed by atoms with Crippen LogP contribution in [0, 0.1) is 28.6 Å². The zero-order chi connectivity index (χ0) is 22.7. The molecular weight excluding hydrogens is 434 g/mol. The van der Waals surface area contributed by atoms with Crippen LogP contribution in [-0.2, 0) is 9.53 Å². The Kier molecular flexibility index (Phi) is 6.39. The Morgan fingerprint density at radius 1 is 1.44 bits per heavy atom. The van der Waals surface area contributed by atoms with E-state index in [0.29, 0.717) is 43.2 Å². The van der Waals surface area contributed by atoms with E-state index >= 15 is 0 Å². The number of rotatable bonds is 7. The van der Waals surface area contributed by atoms with E-state index in [1.165, 1.54) is 11.0 Å². The Labute approximate surface area is 190 Å². The molecule has 2 aliphatic rings. The van der Waals surface area contributed by atoms with E-state index in [9.17, 15) is 14.9 Å². The van der Waals surface area contributed by atoms with Crippen LogP contribution in [0.5, 0.6) is 0 Å². The van der Waals surface area contributed by atoms with Gasteiger partial charge in [0.05, 0.1) is 35.0 Å². The molecule has 0 bridgehead atoms. The molecule has 2 unspecified atom stereocenters. The van der Waals surface area contributed by atoms with Crippen LogP contribution in [-0.4, -0.2) is 57.8 Å². The molecule has 0 radical (unpaired) electrons. The minimum atomic E-state index is -0.976. The minimum absolute atomic E-state index is 0.0603. The van der Waals surface area contributed by atoms with E-state index in [4.69, 9.17) is 16.3 Å². The molecule has 10 nitrogen and oxygen atoms in total. The first-order chi connectivity index (χ1) is 15.4. The van der Waals surface area contributed by atoms with Gasteiger partial charge in [0.2, 0.25) is 5.91 Å². The Balaban J connectivity index is 1.42. The van der Waals surface area contributed by atoms with Gasteiger partial charge in [-0.1, -0.05) is 18.5 Å². The lowest BCUT2D eigenvalue weighted by atomic mass is 9.63. The minimum Gasteiger partial charge on any atom is -0.381 e. The summed E-state index contributed by atoms with van der Waals surface area (Å²) in [4.78, 5) is 25.7. The second-order valence-electron chi connectivity index (χ2n) is 8.54. The first kappa shape index (κ1) is 22.2. The number of hydrogen-bond acceptors (Lipinski definition) is 7. The third-order valence-electron chi connectivity index (χ3n) is 6.19. The fraction of sp³-hybridized carbons (Fsp3) is 0.524. The standard InChI is InChI=1S/C21H24ClN7O3/c1-13-7-21(8-13,11-23)20(31)26-18(14-4-5-32-10-14)9-24-19(30)16-3-2-15(6-17(16)22)29-12-25-27-28-29/h2-3,6,12-14,18H,4-5,7-10H2,1H3,(H,24,30)(H,26,31). The molecule has 1 aliphatic heterocycles. The number of tetrazole rings is 1. The summed E-state index contributed by atoms with van der Waals surface area (Å²) in [6.07, 6.45) is 3.31. The van der Waals surface area contributed by atoms with Crippen LogP contribution in [0.15, 0.2) is 24.5 Å². The highest BCUT2D eigenvalue weighted by atomic mass is 35.5. The monoisotopic (exact) mass is 457 g/mol. The molecule has 2 N–H and O–H groups in total. The fourth-order valence-electron chi connectivity index (χ4n) is 4.38. The van der Waals surface area contributed by atoms with Crippen molar-refractivity contribution in [3.63, 3.8) is 0 Å². The maximum absolute atomic E-state index is 12.9. The predicted molar refractivity (Wildman–Crippen MR) is 114 cm³/mol. The van der Waals surface area contributed by atoms with Gasteiger partial charge in [-0.15, -0.1) is 5.10 Å². The number of benzene rings is 1. The number of nitriles is 1. The quantitative estimate of drug-likeness (QED) is 0.643. The number of hydrogen-bond donors (Lipinski definition) is 2. The zero-order valence-corrected chi connectivity index (χ0v) is 18.4. The van der Waals surface area contributed by atoms with E-state index in [1.807, 2.05) is 6.92 Å². The first-order valence-electron chi connectivity index (χ1n) is 10.5. The molecule has 0 spiro atoms. The van der Waals surface area contributed by atoms with Crippen LogP contribution in [0.2, 0.25) is 5.02 Å². The molecule has 1 aromatic carbocycles. The summed E-state index contributed by atoms with van der Waals surface area (Å²) in [6, 6.07) is 6.74. The molecule has 2 fully saturated rings. The highest BCUT2D eigenvalue weighted by Crippen LogP contribution is 2.45. The van der Waals surface area contributed by atoms with Crippen molar-refractivity contribution in [2.24, 2.45) is 17.3 Å². The number of ether oxygens (including phenoxy) is 1. The predicted octanol–water partition coefficient (Wildman–Crippen LogP) is 1.51. The smallest absolute Gasteiger partial charge is 0.252 e. The van der Waals surface area contributed by atoms with E-state index in [-0.39, 0.29) is 35.3 Å². The van der Waals surface area contributed by atoms with Gasteiger partial charge in [-0.3, -0.25) is 9.59 Å². The Bertz CT molecular complexity index is 1020. The first-order valence-corrected chi connectivity index (χ1v) is 10.9. The average Bonchev–Trinajstić information content (AvgIpc) is 3.48. The normalized spacial score (nSPS) is 25.4. The molecule has 1 aliphatic carbocycles. The second kappa shape index (κ2) is 9.22. The van der Waals surface area contributed by atoms with Crippen molar-refractivity contribution in [2.45, 2.75) is 32.2 Å². The van der Waals surface area contributed by atoms with Crippen molar-refractivity contribution in [3.8, 4) is 11.8 Å². The van der Waals surface area contributed by atoms with Gasteiger partial charge in [0.25, 0.3) is 5.91 Å². The van der Waals surface area contributed by atoms with Crippen LogP contribution in [0.1, 0.15) is 36.5 Å². The Morgan fingerprint density at radius 3 is 2.84 bits per heavy atom. The van der Waals surface area contributed by atoms with Gasteiger partial charge < -0.3 is 15.4 Å². The molecule has 168 valence electrons. The maximum atomic E-state index is 12.9. The molecule has 4 rings (SSSR count). The number of amides is 2. The summed E-state index contributed by atoms with van der Waals surface area (Å²) in [5.74, 6) is -0.214. The molecule has 32 heavy (non-hydrogen) atoms. The molecule has 11 heteroatoms. The largest absolute Gasteiger partial charge is 0.381 e. The van der Waals surface area contributed by atoms with Crippen LogP contribution in [0.25, 0.3) is 5.69 Å². The van der Waals surface area contributed by atoms with Crippen LogP contribution >= 0.6 is 11.6 Å². The highest BCUT2D eigenvalue weighted by Gasteiger charge is 2.49. The third kappa shape index (κ3) is 4.45. The molecule has 1 saturated heterocycles. The summed E-state index contributed by atoms with van der Waals surface area (Å²) in [7, 11) is 0. The van der Waals surface area contributed by atoms with Crippen molar-refractivity contribution in [2.75, 3.05) is 19.8 Å². The zero-order valence-electron chi connectivity index (χ0n) is 17.6. The van der Waals surface area contributed by atoms with Crippen molar-refractivity contribution in [1.29, 1.82) is 5.26 Å². The van der Waals surface area contributed by atoms with Gasteiger partial charge in [0, 0.05) is 19.1 Å². The van der Waals surface area contributed by atoms with Gasteiger partial charge in [0.15, 0.2) is 0 Å². The van der Waals surface area contributed by atoms with Crippen LogP contribution < -0.4 is 10.6 Å². The van der Waals surface area contributed by atoms with Crippen molar-refractivity contribution < 1.29 is 14.3 Å². The number of nitrogens with zero attached hydrogens (tertiary/aromatic N) is 5. The van der Waals surface area contributed by atoms with Gasteiger partial charge in [-0.25, -0.2) is 4.68 Å². The summed E-state index contributed by atoms with van der Waals surface area (Å²) >= 11 is 6.32. The van der Waals surface area contributed by atoms with Gasteiger partial charge >= 0.3 is 0 Å². The number of carbonyl (C=O) groups excluding carboxylic acids is 2. The highest BCUT2D eigenvalue weighted by molar-refractivity contribution is 6.34. The van der Waals surface area contributed by atoms with Gasteiger partial charge in [-0.2, -0.15) is 5.26 Å². The molecule has 1 saturated carbocycles. The van der Waals surface area contributed by atoms with E-state index in [0.717, 1.165) is 6.42 Å². The Hall–Kier alpha value is -3.03. The third-order valence-corrected chi connectivity index (χ3v) is 6.50. The molecular formula is C21H24ClN7O3. The number of carbonyl (C=O) groups is 2. The fourth-order valence-corrected chi connectivity index (χ4v) is 4.64. The SMILES string of the molecule is CC1CC(C#N)(C(=O)NC(CNC(=O)c2ccc(-n3cnnn3)cc2Cl)C2CCOC2)C1. The van der Waals surface area contributed by atoms with Gasteiger partial charge in [0.1, 0.15) is 11.7 Å². The van der Waals surface area contributed by atoms with Crippen molar-refractivity contribution in [3.05, 3.63) is 35.1 Å². The van der Waals surface area contributed by atoms with Gasteiger partial charge in [-0.05, 0) is 53.8 Å². The molecule has 2 atom stereocenters. The summed E-state index contributed by atoms with van der Waals surface area (Å²) in [5.41, 5.74) is -0.0462. The number of halogens is 1. The summed E-state index contributed by atoms with van der Waals surface area (Å²) in [5, 5.41) is 26.6. The molecule has 2 aromatic rings. The summed E-state index contributed by atoms with van der Waals surface area (Å²) in [6.45, 7) is 3.34. The lowest BCUT2D eigenvalue weighted by molar-refractivity contribution is -0.135. The van der Waals surface area contributed by atoms with Crippen LogP contribution in [0.4, 0.5) is 0 Å². The van der Waals surface area contributed by atoms with E-state index in [1.54, 1.807) is 18.2 Å². The lowest BCUT2D eigenvalue weighted by Crippen LogP contribution is -2.55. The van der Waals surface area contributed by atoms with E-state index in [2.05, 4.69) is 32.2 Å². The average molecular weight is 458 g/mol. The number of aromatic nitrogens is 4. The van der Waals surface area contributed by atoms with E-state index < -0.39 is 5.41 Å². The van der Waals surface area contributed by atoms with Crippen molar-refractivity contribution in [1.82, 2.24) is 30.8 Å². The summed E-state index contributed by atoms with van der Waals surface area (Å²) < 4.78 is 6.92. The second-order valence-corrected chi connectivity index (χ2v) is 8.95. The van der Waals surface area contributed by atoms with Crippen molar-refractivity contribution >= 4 is 23.4 Å². The molecule has 1 aromatic heterocycles. The lowest BCUT2D eigenvalue weighted by Gasteiger charge is -2.40.